The van der Waals surface area contributed by atoms with Gasteiger partial charge in [0, 0.05) is 0 Å². The number of fused-ring (bicyclic) bond motifs is 1. The van der Waals surface area contributed by atoms with Crippen LogP contribution in [0.5, 0.6) is 5.75 Å². The summed E-state index contributed by atoms with van der Waals surface area (Å²) in [6.45, 7) is 5.23. The highest BCUT2D eigenvalue weighted by atomic mass is 16.5. The maximum atomic E-state index is 5.78. The summed E-state index contributed by atoms with van der Waals surface area (Å²) in [5, 5.41) is 3.43. The second-order valence-electron chi connectivity index (χ2n) is 4.36. The van der Waals surface area contributed by atoms with Gasteiger partial charge in [0.2, 0.25) is 0 Å². The van der Waals surface area contributed by atoms with Crippen LogP contribution < -0.4 is 10.1 Å². The quantitative estimate of drug-likeness (QED) is 0.768. The Morgan fingerprint density at radius 2 is 2.25 bits per heavy atom. The number of benzene rings is 1. The third-order valence-electron chi connectivity index (χ3n) is 3.01. The molecule has 0 bridgehead atoms. The Balaban J connectivity index is 1.97. The number of hydrogen-bond donors (Lipinski definition) is 1. The van der Waals surface area contributed by atoms with Crippen molar-refractivity contribution in [1.82, 2.24) is 5.32 Å². The van der Waals surface area contributed by atoms with Crippen LogP contribution in [0.2, 0.25) is 0 Å². The van der Waals surface area contributed by atoms with E-state index in [0.29, 0.717) is 0 Å². The number of ether oxygens (including phenoxy) is 1. The van der Waals surface area contributed by atoms with Gasteiger partial charge < -0.3 is 10.1 Å². The molecule has 0 atom stereocenters. The van der Waals surface area contributed by atoms with Crippen LogP contribution in [0, 0.1) is 0 Å². The molecule has 16 heavy (non-hydrogen) atoms. The van der Waals surface area contributed by atoms with Crippen LogP contribution in [0.15, 0.2) is 18.2 Å². The Kier molecular flexibility index (Phi) is 4.23. The van der Waals surface area contributed by atoms with Crippen molar-refractivity contribution < 1.29 is 4.74 Å². The first-order chi connectivity index (χ1) is 7.92. The molecule has 1 aromatic carbocycles. The molecule has 0 radical (unpaired) electrons. The minimum Gasteiger partial charge on any atom is -0.493 e. The molecular formula is C14H21NO. The van der Waals surface area contributed by atoms with E-state index >= 15 is 0 Å². The maximum absolute atomic E-state index is 5.78. The van der Waals surface area contributed by atoms with Crippen molar-refractivity contribution in [3.05, 3.63) is 29.3 Å². The van der Waals surface area contributed by atoms with Crippen molar-refractivity contribution in [2.45, 2.75) is 32.6 Å². The minimum atomic E-state index is 0.881. The Hall–Kier alpha value is -1.02. The number of aryl methyl sites for hydroxylation is 1. The molecule has 0 fully saturated rings. The largest absolute Gasteiger partial charge is 0.493 e. The van der Waals surface area contributed by atoms with Gasteiger partial charge in [0.05, 0.1) is 6.61 Å². The van der Waals surface area contributed by atoms with E-state index in [0.717, 1.165) is 38.3 Å². The molecule has 1 N–H and O–H groups in total. The SMILES string of the molecule is CCCNCCc1cccc2c1OCCC2. The molecule has 1 aliphatic rings. The van der Waals surface area contributed by atoms with E-state index < -0.39 is 0 Å². The van der Waals surface area contributed by atoms with Crippen molar-refractivity contribution in [2.75, 3.05) is 19.7 Å². The highest BCUT2D eigenvalue weighted by Crippen LogP contribution is 2.28. The topological polar surface area (TPSA) is 21.3 Å². The van der Waals surface area contributed by atoms with E-state index in [1.54, 1.807) is 0 Å². The van der Waals surface area contributed by atoms with E-state index in [-0.39, 0.29) is 0 Å². The lowest BCUT2D eigenvalue weighted by Gasteiger charge is -2.20. The Morgan fingerprint density at radius 3 is 3.12 bits per heavy atom. The summed E-state index contributed by atoms with van der Waals surface area (Å²) in [6.07, 6.45) is 4.60. The molecule has 0 aliphatic carbocycles. The van der Waals surface area contributed by atoms with Crippen LogP contribution in [0.1, 0.15) is 30.9 Å². The molecule has 88 valence electrons. The molecule has 0 unspecified atom stereocenters. The molecular weight excluding hydrogens is 198 g/mol. The number of para-hydroxylation sites is 1. The first-order valence-electron chi connectivity index (χ1n) is 6.36. The Morgan fingerprint density at radius 1 is 1.31 bits per heavy atom. The minimum absolute atomic E-state index is 0.881. The third-order valence-corrected chi connectivity index (χ3v) is 3.01. The molecule has 0 aromatic heterocycles. The summed E-state index contributed by atoms with van der Waals surface area (Å²) in [5.74, 6) is 1.16. The van der Waals surface area contributed by atoms with Gasteiger partial charge in [-0.1, -0.05) is 25.1 Å². The monoisotopic (exact) mass is 219 g/mol. The molecule has 2 nitrogen and oxygen atoms in total. The number of hydrogen-bond acceptors (Lipinski definition) is 2. The van der Waals surface area contributed by atoms with Crippen molar-refractivity contribution in [3.63, 3.8) is 0 Å². The molecule has 0 spiro atoms. The second kappa shape index (κ2) is 5.90. The van der Waals surface area contributed by atoms with Crippen molar-refractivity contribution in [3.8, 4) is 5.75 Å². The fourth-order valence-electron chi connectivity index (χ4n) is 2.18. The van der Waals surface area contributed by atoms with Crippen LogP contribution in [0.3, 0.4) is 0 Å². The zero-order valence-corrected chi connectivity index (χ0v) is 10.1. The fraction of sp³-hybridized carbons (Fsp3) is 0.571. The van der Waals surface area contributed by atoms with Gasteiger partial charge in [0.15, 0.2) is 0 Å². The first-order valence-corrected chi connectivity index (χ1v) is 6.36. The molecule has 1 aliphatic heterocycles. The smallest absolute Gasteiger partial charge is 0.125 e. The van der Waals surface area contributed by atoms with Gasteiger partial charge in [-0.3, -0.25) is 0 Å². The summed E-state index contributed by atoms with van der Waals surface area (Å²) in [7, 11) is 0. The lowest BCUT2D eigenvalue weighted by molar-refractivity contribution is 0.285. The van der Waals surface area contributed by atoms with Crippen molar-refractivity contribution in [1.29, 1.82) is 0 Å². The first kappa shape index (κ1) is 11.5. The van der Waals surface area contributed by atoms with E-state index in [4.69, 9.17) is 4.74 Å². The molecule has 0 saturated carbocycles. The van der Waals surface area contributed by atoms with Gasteiger partial charge in [0.1, 0.15) is 5.75 Å². The van der Waals surface area contributed by atoms with Gasteiger partial charge in [-0.05, 0) is 49.9 Å². The maximum Gasteiger partial charge on any atom is 0.125 e. The van der Waals surface area contributed by atoms with Gasteiger partial charge in [-0.15, -0.1) is 0 Å². The van der Waals surface area contributed by atoms with Gasteiger partial charge >= 0.3 is 0 Å². The zero-order chi connectivity index (χ0) is 11.2. The summed E-state index contributed by atoms with van der Waals surface area (Å²) < 4.78 is 5.78. The lowest BCUT2D eigenvalue weighted by atomic mass is 10.0. The summed E-state index contributed by atoms with van der Waals surface area (Å²) in [4.78, 5) is 0. The van der Waals surface area contributed by atoms with Crippen LogP contribution in [0.25, 0.3) is 0 Å². The van der Waals surface area contributed by atoms with Crippen LogP contribution >= 0.6 is 0 Å². The molecule has 2 rings (SSSR count). The predicted molar refractivity (Wildman–Crippen MR) is 67.1 cm³/mol. The normalized spacial score (nSPS) is 14.3. The Labute approximate surface area is 98.0 Å². The van der Waals surface area contributed by atoms with E-state index in [2.05, 4.69) is 30.4 Å². The van der Waals surface area contributed by atoms with E-state index in [9.17, 15) is 0 Å². The average molecular weight is 219 g/mol. The molecule has 1 aromatic rings. The molecule has 1 heterocycles. The number of nitrogens with one attached hydrogen (secondary N) is 1. The van der Waals surface area contributed by atoms with Crippen molar-refractivity contribution >= 4 is 0 Å². The number of rotatable bonds is 5. The van der Waals surface area contributed by atoms with E-state index in [1.807, 2.05) is 0 Å². The highest BCUT2D eigenvalue weighted by molar-refractivity contribution is 5.42. The highest BCUT2D eigenvalue weighted by Gasteiger charge is 2.13. The average Bonchev–Trinajstić information content (AvgIpc) is 2.35. The van der Waals surface area contributed by atoms with Crippen molar-refractivity contribution in [2.24, 2.45) is 0 Å². The van der Waals surface area contributed by atoms with Crippen LogP contribution in [-0.4, -0.2) is 19.7 Å². The standard InChI is InChI=1S/C14H21NO/c1-2-9-15-10-8-13-6-3-5-12-7-4-11-16-14(12)13/h3,5-6,15H,2,4,7-11H2,1H3. The fourth-order valence-corrected chi connectivity index (χ4v) is 2.18. The second-order valence-corrected chi connectivity index (χ2v) is 4.36. The van der Waals surface area contributed by atoms with Gasteiger partial charge in [-0.25, -0.2) is 0 Å². The summed E-state index contributed by atoms with van der Waals surface area (Å²) in [5.41, 5.74) is 2.75. The lowest BCUT2D eigenvalue weighted by Crippen LogP contribution is -2.19. The third kappa shape index (κ3) is 2.76. The molecule has 0 saturated heterocycles. The molecule has 2 heteroatoms. The zero-order valence-electron chi connectivity index (χ0n) is 10.1. The molecule has 0 amide bonds. The van der Waals surface area contributed by atoms with E-state index in [1.165, 1.54) is 24.0 Å². The van der Waals surface area contributed by atoms with Crippen LogP contribution in [0.4, 0.5) is 0 Å². The van der Waals surface area contributed by atoms with Gasteiger partial charge in [0.25, 0.3) is 0 Å². The summed E-state index contributed by atoms with van der Waals surface area (Å²) in [6, 6.07) is 6.54. The summed E-state index contributed by atoms with van der Waals surface area (Å²) >= 11 is 0. The Bertz CT molecular complexity index is 336. The van der Waals surface area contributed by atoms with Gasteiger partial charge in [-0.2, -0.15) is 0 Å². The predicted octanol–water partition coefficient (Wildman–Crippen LogP) is 2.55. The van der Waals surface area contributed by atoms with Crippen LogP contribution in [-0.2, 0) is 12.8 Å².